The van der Waals surface area contributed by atoms with Crippen molar-refractivity contribution >= 4 is 5.91 Å². The number of hydrogen-bond acceptors (Lipinski definition) is 2. The smallest absolute Gasteiger partial charge is 0.241 e. The molecule has 1 heterocycles. The van der Waals surface area contributed by atoms with Crippen molar-refractivity contribution in [1.82, 2.24) is 10.2 Å². The van der Waals surface area contributed by atoms with Gasteiger partial charge in [0.2, 0.25) is 5.91 Å². The molecule has 2 atom stereocenters. The van der Waals surface area contributed by atoms with E-state index in [9.17, 15) is 4.79 Å². The molecule has 1 saturated heterocycles. The zero-order chi connectivity index (χ0) is 13.9. The molecule has 110 valence electrons. The Morgan fingerprint density at radius 3 is 2.47 bits per heavy atom. The SMILES string of the molecule is CCCC1NC(CC)C(=O)N1CC1(CC)CCCC1. The second kappa shape index (κ2) is 6.25. The van der Waals surface area contributed by atoms with Gasteiger partial charge in [-0.1, -0.05) is 40.0 Å². The number of nitrogens with one attached hydrogen (secondary N) is 1. The summed E-state index contributed by atoms with van der Waals surface area (Å²) in [5, 5.41) is 3.53. The number of carbonyl (C=O) groups excluding carboxylic acids is 1. The normalized spacial score (nSPS) is 30.3. The molecule has 0 aromatic carbocycles. The van der Waals surface area contributed by atoms with Gasteiger partial charge in [0.05, 0.1) is 12.2 Å². The Morgan fingerprint density at radius 1 is 1.26 bits per heavy atom. The molecule has 0 aromatic heterocycles. The fraction of sp³-hybridized carbons (Fsp3) is 0.938. The van der Waals surface area contributed by atoms with E-state index >= 15 is 0 Å². The van der Waals surface area contributed by atoms with E-state index in [1.54, 1.807) is 0 Å². The summed E-state index contributed by atoms with van der Waals surface area (Å²) in [6.07, 6.45) is 9.94. The van der Waals surface area contributed by atoms with Crippen molar-refractivity contribution in [2.75, 3.05) is 6.54 Å². The summed E-state index contributed by atoms with van der Waals surface area (Å²) in [5.74, 6) is 0.348. The van der Waals surface area contributed by atoms with E-state index < -0.39 is 0 Å². The van der Waals surface area contributed by atoms with Gasteiger partial charge in [0.15, 0.2) is 0 Å². The molecule has 2 unspecified atom stereocenters. The molecule has 2 fully saturated rings. The quantitative estimate of drug-likeness (QED) is 0.800. The maximum atomic E-state index is 12.5. The lowest BCUT2D eigenvalue weighted by Gasteiger charge is -2.35. The van der Waals surface area contributed by atoms with E-state index in [1.165, 1.54) is 32.1 Å². The largest absolute Gasteiger partial charge is 0.325 e. The highest BCUT2D eigenvalue weighted by atomic mass is 16.2. The predicted octanol–water partition coefficient (Wildman–Crippen LogP) is 3.29. The third-order valence-corrected chi connectivity index (χ3v) is 5.24. The van der Waals surface area contributed by atoms with E-state index in [0.717, 1.165) is 25.8 Å². The van der Waals surface area contributed by atoms with Gasteiger partial charge in [-0.25, -0.2) is 0 Å². The van der Waals surface area contributed by atoms with Gasteiger partial charge in [-0.05, 0) is 37.5 Å². The summed E-state index contributed by atoms with van der Waals surface area (Å²) >= 11 is 0. The summed E-state index contributed by atoms with van der Waals surface area (Å²) in [6, 6.07) is 0.0619. The van der Waals surface area contributed by atoms with Crippen LogP contribution in [0.25, 0.3) is 0 Å². The lowest BCUT2D eigenvalue weighted by molar-refractivity contribution is -0.131. The molecule has 1 N–H and O–H groups in total. The van der Waals surface area contributed by atoms with Crippen LogP contribution in [0.3, 0.4) is 0 Å². The second-order valence-corrected chi connectivity index (χ2v) is 6.46. The third kappa shape index (κ3) is 2.96. The first-order valence-electron chi connectivity index (χ1n) is 8.22. The Hall–Kier alpha value is -0.570. The average molecular weight is 266 g/mol. The summed E-state index contributed by atoms with van der Waals surface area (Å²) in [6.45, 7) is 7.59. The molecular formula is C16H30N2O. The average Bonchev–Trinajstić information content (AvgIpc) is 2.99. The first-order valence-corrected chi connectivity index (χ1v) is 8.22. The van der Waals surface area contributed by atoms with Crippen molar-refractivity contribution in [1.29, 1.82) is 0 Å². The number of amides is 1. The molecule has 3 heteroatoms. The number of hydrogen-bond donors (Lipinski definition) is 1. The fourth-order valence-electron chi connectivity index (χ4n) is 3.85. The Bertz CT molecular complexity index is 310. The molecule has 2 rings (SSSR count). The van der Waals surface area contributed by atoms with Crippen LogP contribution in [-0.2, 0) is 4.79 Å². The molecule has 0 radical (unpaired) electrons. The maximum Gasteiger partial charge on any atom is 0.241 e. The van der Waals surface area contributed by atoms with E-state index in [4.69, 9.17) is 0 Å². The topological polar surface area (TPSA) is 32.3 Å². The molecule has 2 aliphatic rings. The number of nitrogens with zero attached hydrogens (tertiary/aromatic N) is 1. The molecule has 3 nitrogen and oxygen atoms in total. The first kappa shape index (κ1) is 14.8. The van der Waals surface area contributed by atoms with Gasteiger partial charge in [-0.15, -0.1) is 0 Å². The highest BCUT2D eigenvalue weighted by Gasteiger charge is 2.42. The van der Waals surface area contributed by atoms with Crippen LogP contribution in [0.15, 0.2) is 0 Å². The molecule has 1 amide bonds. The lowest BCUT2D eigenvalue weighted by Crippen LogP contribution is -2.43. The minimum atomic E-state index is 0.0619. The lowest BCUT2D eigenvalue weighted by atomic mass is 9.82. The van der Waals surface area contributed by atoms with Gasteiger partial charge < -0.3 is 4.90 Å². The fourth-order valence-corrected chi connectivity index (χ4v) is 3.85. The minimum absolute atomic E-state index is 0.0619. The third-order valence-electron chi connectivity index (χ3n) is 5.24. The number of carbonyl (C=O) groups is 1. The highest BCUT2D eigenvalue weighted by Crippen LogP contribution is 2.42. The second-order valence-electron chi connectivity index (χ2n) is 6.46. The van der Waals surface area contributed by atoms with Crippen molar-refractivity contribution in [2.45, 2.75) is 84.3 Å². The molecule has 0 spiro atoms. The Kier molecular flexibility index (Phi) is 4.88. The molecule has 19 heavy (non-hydrogen) atoms. The van der Waals surface area contributed by atoms with Crippen molar-refractivity contribution in [2.24, 2.45) is 5.41 Å². The first-order chi connectivity index (χ1) is 9.15. The molecular weight excluding hydrogens is 236 g/mol. The van der Waals surface area contributed by atoms with Crippen LogP contribution in [0.2, 0.25) is 0 Å². The van der Waals surface area contributed by atoms with Crippen LogP contribution in [0.4, 0.5) is 0 Å². The summed E-state index contributed by atoms with van der Waals surface area (Å²) in [7, 11) is 0. The van der Waals surface area contributed by atoms with Gasteiger partial charge in [0.25, 0.3) is 0 Å². The van der Waals surface area contributed by atoms with Gasteiger partial charge in [0, 0.05) is 6.54 Å². The molecule has 0 bridgehead atoms. The van der Waals surface area contributed by atoms with Crippen molar-refractivity contribution in [3.05, 3.63) is 0 Å². The minimum Gasteiger partial charge on any atom is -0.325 e. The summed E-state index contributed by atoms with van der Waals surface area (Å²) in [5.41, 5.74) is 0.409. The standard InChI is InChI=1S/C16H30N2O/c1-4-9-14-17-13(5-2)15(19)18(14)12-16(6-3)10-7-8-11-16/h13-14,17H,4-12H2,1-3H3. The zero-order valence-corrected chi connectivity index (χ0v) is 12.9. The van der Waals surface area contributed by atoms with Gasteiger partial charge in [0.1, 0.15) is 0 Å². The number of rotatable bonds is 6. The monoisotopic (exact) mass is 266 g/mol. The van der Waals surface area contributed by atoms with E-state index in [0.29, 0.717) is 11.3 Å². The van der Waals surface area contributed by atoms with E-state index in [-0.39, 0.29) is 12.2 Å². The Balaban J connectivity index is 2.08. The van der Waals surface area contributed by atoms with E-state index in [2.05, 4.69) is 31.0 Å². The summed E-state index contributed by atoms with van der Waals surface area (Å²) in [4.78, 5) is 14.7. The van der Waals surface area contributed by atoms with Crippen LogP contribution in [0, 0.1) is 5.41 Å². The predicted molar refractivity (Wildman–Crippen MR) is 78.8 cm³/mol. The molecule has 1 aliphatic carbocycles. The summed E-state index contributed by atoms with van der Waals surface area (Å²) < 4.78 is 0. The maximum absolute atomic E-state index is 12.5. The van der Waals surface area contributed by atoms with Gasteiger partial charge >= 0.3 is 0 Å². The molecule has 1 saturated carbocycles. The molecule has 0 aromatic rings. The zero-order valence-electron chi connectivity index (χ0n) is 12.9. The Labute approximate surface area is 118 Å². The van der Waals surface area contributed by atoms with Gasteiger partial charge in [-0.3, -0.25) is 10.1 Å². The van der Waals surface area contributed by atoms with Crippen molar-refractivity contribution in [3.63, 3.8) is 0 Å². The van der Waals surface area contributed by atoms with Crippen LogP contribution in [0.1, 0.15) is 72.1 Å². The van der Waals surface area contributed by atoms with Crippen LogP contribution < -0.4 is 5.32 Å². The van der Waals surface area contributed by atoms with Crippen molar-refractivity contribution < 1.29 is 4.79 Å². The van der Waals surface area contributed by atoms with Crippen LogP contribution in [0.5, 0.6) is 0 Å². The van der Waals surface area contributed by atoms with E-state index in [1.807, 2.05) is 0 Å². The molecule has 1 aliphatic heterocycles. The van der Waals surface area contributed by atoms with Crippen LogP contribution in [-0.4, -0.2) is 29.6 Å². The van der Waals surface area contributed by atoms with Crippen molar-refractivity contribution in [3.8, 4) is 0 Å². The Morgan fingerprint density at radius 2 is 1.95 bits per heavy atom. The van der Waals surface area contributed by atoms with Gasteiger partial charge in [-0.2, -0.15) is 0 Å². The highest BCUT2D eigenvalue weighted by molar-refractivity contribution is 5.84. The van der Waals surface area contributed by atoms with Crippen LogP contribution >= 0.6 is 0 Å².